The average Bonchev–Trinajstić information content (AvgIpc) is 4.03. The maximum absolute atomic E-state index is 14.6. The van der Waals surface area contributed by atoms with Gasteiger partial charge in [0.2, 0.25) is 33.6 Å². The standard InChI is InChI=1S/C36H44N6O8S/c1-7-22-18-36(22,34(45)41-51(46,47)26-10-11-26)40-31(43)28-17-25(50-32-27-12-9-24(48-5)16-21(27)14-15-37-32)20-42(28)33(44)30(35(2,3)4)39-23-8-13-29(49-6)38-19-23/h7-9,12-16,19,22,25-26,28,30,39H,1,10-11,17-18,20H2,2-6H3,(H,40,43)(H,41,45)/t22-,25-,28+,30-,36-/m1/s1. The molecule has 14 nitrogen and oxygen atoms in total. The number of anilines is 1. The van der Waals surface area contributed by atoms with Crippen LogP contribution < -0.4 is 29.6 Å². The van der Waals surface area contributed by atoms with E-state index in [1.165, 1.54) is 18.1 Å². The molecule has 3 N–H and O–H groups in total. The van der Waals surface area contributed by atoms with Gasteiger partial charge in [-0.3, -0.25) is 19.1 Å². The third-order valence-corrected chi connectivity index (χ3v) is 11.5. The molecule has 3 aromatic rings. The number of hydrogen-bond acceptors (Lipinski definition) is 11. The Balaban J connectivity index is 1.30. The summed E-state index contributed by atoms with van der Waals surface area (Å²) in [5.41, 5.74) is -1.57. The third kappa shape index (κ3) is 7.43. The third-order valence-electron chi connectivity index (χ3n) is 9.68. The molecule has 2 saturated carbocycles. The van der Waals surface area contributed by atoms with Gasteiger partial charge in [0.1, 0.15) is 29.5 Å². The number of carbonyl (C=O) groups is 3. The van der Waals surface area contributed by atoms with Crippen LogP contribution in [0.15, 0.2) is 61.4 Å². The molecule has 0 bridgehead atoms. The van der Waals surface area contributed by atoms with Gasteiger partial charge < -0.3 is 29.7 Å². The number of methoxy groups -OCH3 is 2. The van der Waals surface area contributed by atoms with Gasteiger partial charge in [0.15, 0.2) is 0 Å². The fourth-order valence-corrected chi connectivity index (χ4v) is 7.83. The van der Waals surface area contributed by atoms with Crippen LogP contribution >= 0.6 is 0 Å². The Morgan fingerprint density at radius 3 is 2.45 bits per heavy atom. The fourth-order valence-electron chi connectivity index (χ4n) is 6.47. The minimum atomic E-state index is -3.87. The number of amides is 3. The van der Waals surface area contributed by atoms with Gasteiger partial charge in [0.05, 0.1) is 37.9 Å². The summed E-state index contributed by atoms with van der Waals surface area (Å²) in [6, 6.07) is 8.87. The Morgan fingerprint density at radius 1 is 1.08 bits per heavy atom. The number of nitrogens with one attached hydrogen (secondary N) is 3. The predicted octanol–water partition coefficient (Wildman–Crippen LogP) is 3.19. The summed E-state index contributed by atoms with van der Waals surface area (Å²) in [7, 11) is -0.780. The molecule has 1 aliphatic heterocycles. The highest BCUT2D eigenvalue weighted by atomic mass is 32.2. The molecule has 5 atom stereocenters. The van der Waals surface area contributed by atoms with Gasteiger partial charge in [-0.1, -0.05) is 26.8 Å². The maximum atomic E-state index is 14.6. The van der Waals surface area contributed by atoms with Crippen LogP contribution in [0.2, 0.25) is 0 Å². The largest absolute Gasteiger partial charge is 0.497 e. The number of aromatic nitrogens is 2. The van der Waals surface area contributed by atoms with Crippen LogP contribution in [0.5, 0.6) is 17.5 Å². The smallest absolute Gasteiger partial charge is 0.259 e. The Hall–Kier alpha value is -4.92. The Bertz CT molecular complexity index is 1940. The van der Waals surface area contributed by atoms with Gasteiger partial charge in [-0.2, -0.15) is 0 Å². The normalized spacial score (nSPS) is 23.5. The lowest BCUT2D eigenvalue weighted by Crippen LogP contribution is -2.58. The van der Waals surface area contributed by atoms with Crippen LogP contribution in [0.4, 0.5) is 5.69 Å². The van der Waals surface area contributed by atoms with E-state index in [0.717, 1.165) is 10.8 Å². The molecule has 1 aromatic carbocycles. The molecule has 2 aliphatic carbocycles. The lowest BCUT2D eigenvalue weighted by Gasteiger charge is -2.36. The van der Waals surface area contributed by atoms with E-state index in [1.54, 1.807) is 37.7 Å². The van der Waals surface area contributed by atoms with E-state index in [0.29, 0.717) is 36.0 Å². The summed E-state index contributed by atoms with van der Waals surface area (Å²) in [4.78, 5) is 52.5. The monoisotopic (exact) mass is 720 g/mol. The minimum Gasteiger partial charge on any atom is -0.497 e. The summed E-state index contributed by atoms with van der Waals surface area (Å²) >= 11 is 0. The van der Waals surface area contributed by atoms with Gasteiger partial charge in [-0.15, -0.1) is 6.58 Å². The van der Waals surface area contributed by atoms with Gasteiger partial charge in [-0.25, -0.2) is 18.4 Å². The van der Waals surface area contributed by atoms with E-state index in [4.69, 9.17) is 14.2 Å². The van der Waals surface area contributed by atoms with E-state index < -0.39 is 62.1 Å². The van der Waals surface area contributed by atoms with E-state index in [2.05, 4.69) is 31.9 Å². The Kier molecular flexibility index (Phi) is 9.61. The molecule has 3 fully saturated rings. The minimum absolute atomic E-state index is 0.0421. The second-order valence-electron chi connectivity index (χ2n) is 14.4. The molecule has 0 unspecified atom stereocenters. The number of nitrogens with zero attached hydrogens (tertiary/aromatic N) is 3. The first kappa shape index (κ1) is 35.9. The van der Waals surface area contributed by atoms with E-state index >= 15 is 0 Å². The van der Waals surface area contributed by atoms with Crippen LogP contribution in [-0.4, -0.2) is 90.7 Å². The van der Waals surface area contributed by atoms with Crippen molar-refractivity contribution in [1.29, 1.82) is 0 Å². The number of sulfonamides is 1. The molecule has 2 aromatic heterocycles. The first-order valence-corrected chi connectivity index (χ1v) is 18.4. The highest BCUT2D eigenvalue weighted by Crippen LogP contribution is 2.45. The van der Waals surface area contributed by atoms with Gasteiger partial charge in [0, 0.05) is 30.0 Å². The second-order valence-corrected chi connectivity index (χ2v) is 16.4. The Morgan fingerprint density at radius 2 is 1.84 bits per heavy atom. The first-order chi connectivity index (χ1) is 24.2. The van der Waals surface area contributed by atoms with Crippen molar-refractivity contribution in [2.24, 2.45) is 11.3 Å². The molecule has 3 heterocycles. The van der Waals surface area contributed by atoms with Crippen molar-refractivity contribution in [2.75, 3.05) is 26.1 Å². The van der Waals surface area contributed by atoms with Crippen LogP contribution in [0.1, 0.15) is 46.5 Å². The zero-order chi connectivity index (χ0) is 36.7. The first-order valence-electron chi connectivity index (χ1n) is 16.9. The van der Waals surface area contributed by atoms with Crippen LogP contribution in [0.3, 0.4) is 0 Å². The van der Waals surface area contributed by atoms with Gasteiger partial charge >= 0.3 is 0 Å². The maximum Gasteiger partial charge on any atom is 0.259 e. The van der Waals surface area contributed by atoms with Gasteiger partial charge in [0.25, 0.3) is 5.91 Å². The quantitative estimate of drug-likeness (QED) is 0.221. The average molecular weight is 721 g/mol. The lowest BCUT2D eigenvalue weighted by molar-refractivity contribution is -0.141. The van der Waals surface area contributed by atoms with Crippen molar-refractivity contribution in [3.8, 4) is 17.5 Å². The molecule has 0 spiro atoms. The van der Waals surface area contributed by atoms with E-state index in [-0.39, 0.29) is 25.3 Å². The summed E-state index contributed by atoms with van der Waals surface area (Å²) in [6.07, 6.45) is 5.26. The summed E-state index contributed by atoms with van der Waals surface area (Å²) in [5, 5.41) is 7.07. The topological polar surface area (TPSA) is 178 Å². The predicted molar refractivity (Wildman–Crippen MR) is 190 cm³/mol. The highest BCUT2D eigenvalue weighted by molar-refractivity contribution is 7.91. The van der Waals surface area contributed by atoms with Crippen molar-refractivity contribution in [2.45, 2.75) is 75.4 Å². The van der Waals surface area contributed by atoms with Crippen molar-refractivity contribution < 1.29 is 37.0 Å². The molecular weight excluding hydrogens is 676 g/mol. The number of carbonyl (C=O) groups excluding carboxylic acids is 3. The number of likely N-dealkylation sites (tertiary alicyclic amines) is 1. The molecule has 272 valence electrons. The number of fused-ring (bicyclic) bond motifs is 1. The van der Waals surface area contributed by atoms with Crippen molar-refractivity contribution in [3.05, 3.63) is 61.4 Å². The molecular formula is C36H44N6O8S. The molecule has 51 heavy (non-hydrogen) atoms. The lowest BCUT2D eigenvalue weighted by atomic mass is 9.85. The van der Waals surface area contributed by atoms with E-state index in [1.807, 2.05) is 39.0 Å². The molecule has 15 heteroatoms. The molecule has 0 radical (unpaired) electrons. The van der Waals surface area contributed by atoms with Crippen molar-refractivity contribution in [3.63, 3.8) is 0 Å². The summed E-state index contributed by atoms with van der Waals surface area (Å²) in [5.74, 6) is -0.860. The van der Waals surface area contributed by atoms with Crippen LogP contribution in [-0.2, 0) is 24.4 Å². The van der Waals surface area contributed by atoms with Crippen LogP contribution in [0.25, 0.3) is 10.8 Å². The number of hydrogen-bond donors (Lipinski definition) is 3. The zero-order valence-corrected chi connectivity index (χ0v) is 30.2. The van der Waals surface area contributed by atoms with E-state index in [9.17, 15) is 22.8 Å². The van der Waals surface area contributed by atoms with Gasteiger partial charge in [-0.05, 0) is 60.4 Å². The van der Waals surface area contributed by atoms with Crippen molar-refractivity contribution >= 4 is 44.2 Å². The molecule has 3 aliphatic rings. The highest BCUT2D eigenvalue weighted by Gasteiger charge is 2.62. The molecule has 6 rings (SSSR count). The SMILES string of the molecule is C=C[C@@H]1C[C@]1(NC(=O)[C@@H]1C[C@@H](Oc2nccc3cc(OC)ccc23)CN1C(=O)[C@@H](Nc1ccc(OC)nc1)C(C)(C)C)C(=O)NS(=O)(=O)C1CC1. The Labute approximate surface area is 297 Å². The van der Waals surface area contributed by atoms with Crippen molar-refractivity contribution in [1.82, 2.24) is 24.9 Å². The zero-order valence-electron chi connectivity index (χ0n) is 29.3. The summed E-state index contributed by atoms with van der Waals surface area (Å²) in [6.45, 7) is 9.55. The summed E-state index contributed by atoms with van der Waals surface area (Å²) < 4.78 is 44.5. The molecule has 1 saturated heterocycles. The number of pyridine rings is 2. The fraction of sp³-hybridized carbons (Fsp3) is 0.472. The number of rotatable bonds is 13. The van der Waals surface area contributed by atoms with Crippen LogP contribution in [0, 0.1) is 11.3 Å². The second kappa shape index (κ2) is 13.7. The number of ether oxygens (including phenoxy) is 3. The molecule has 3 amide bonds. The number of benzene rings is 1.